The molecule has 0 aliphatic carbocycles. The van der Waals surface area contributed by atoms with Crippen molar-refractivity contribution in [3.8, 4) is 0 Å². The van der Waals surface area contributed by atoms with E-state index in [9.17, 15) is 13.5 Å². The third-order valence-electron chi connectivity index (χ3n) is 5.67. The number of aryl methyl sites for hydroxylation is 1. The summed E-state index contributed by atoms with van der Waals surface area (Å²) in [6.45, 7) is 8.17. The number of aliphatic hydroxyl groups excluding tert-OH is 1. The normalized spacial score (nSPS) is 17.1. The molecule has 2 N–H and O–H groups in total. The number of aliphatic imine (C=N–C) groups is 1. The number of hydrogen-bond donors (Lipinski definition) is 2. The number of aliphatic hydroxyl groups is 1. The molecule has 0 amide bonds. The van der Waals surface area contributed by atoms with Gasteiger partial charge in [0.25, 0.3) is 10.0 Å². The van der Waals surface area contributed by atoms with Crippen molar-refractivity contribution in [3.63, 3.8) is 0 Å². The van der Waals surface area contributed by atoms with Gasteiger partial charge in [-0.1, -0.05) is 60.2 Å². The van der Waals surface area contributed by atoms with Gasteiger partial charge in [0.2, 0.25) is 5.90 Å². The fourth-order valence-electron chi connectivity index (χ4n) is 3.77. The van der Waals surface area contributed by atoms with Gasteiger partial charge in [0.15, 0.2) is 0 Å². The molecule has 1 saturated heterocycles. The lowest BCUT2D eigenvalue weighted by atomic mass is 10.0. The van der Waals surface area contributed by atoms with Gasteiger partial charge in [-0.25, -0.2) is 13.4 Å². The molecular formula is C27H35N3O5S. The second kappa shape index (κ2) is 13.4. The number of nitrogens with zero attached hydrogens (tertiary/aromatic N) is 2. The summed E-state index contributed by atoms with van der Waals surface area (Å²) < 4.78 is 39.9. The van der Waals surface area contributed by atoms with Gasteiger partial charge in [0.1, 0.15) is 12.8 Å². The van der Waals surface area contributed by atoms with Crippen LogP contribution in [-0.2, 0) is 19.5 Å². The van der Waals surface area contributed by atoms with Crippen molar-refractivity contribution in [1.82, 2.24) is 9.62 Å². The van der Waals surface area contributed by atoms with Crippen molar-refractivity contribution in [2.75, 3.05) is 39.5 Å². The molecule has 8 nitrogen and oxygen atoms in total. The van der Waals surface area contributed by atoms with E-state index in [1.165, 1.54) is 0 Å². The van der Waals surface area contributed by atoms with Crippen LogP contribution in [0.3, 0.4) is 0 Å². The summed E-state index contributed by atoms with van der Waals surface area (Å²) >= 11 is 0. The van der Waals surface area contributed by atoms with E-state index in [1.54, 1.807) is 13.0 Å². The molecule has 0 saturated carbocycles. The minimum absolute atomic E-state index is 0.0258. The van der Waals surface area contributed by atoms with Crippen LogP contribution in [0, 0.1) is 6.92 Å². The first-order chi connectivity index (χ1) is 17.3. The Balaban J connectivity index is 2.01. The van der Waals surface area contributed by atoms with Gasteiger partial charge in [-0.2, -0.15) is 0 Å². The Kier molecular flexibility index (Phi) is 10.2. The monoisotopic (exact) mass is 513 g/mol. The third-order valence-corrected chi connectivity index (χ3v) is 6.76. The summed E-state index contributed by atoms with van der Waals surface area (Å²) in [6, 6.07) is 16.9. The van der Waals surface area contributed by atoms with Gasteiger partial charge in [0.05, 0.1) is 30.8 Å². The molecule has 9 heteroatoms. The quantitative estimate of drug-likeness (QED) is 0.373. The van der Waals surface area contributed by atoms with E-state index in [2.05, 4.69) is 9.62 Å². The van der Waals surface area contributed by atoms with E-state index in [0.29, 0.717) is 24.5 Å². The van der Waals surface area contributed by atoms with Crippen LogP contribution in [0.4, 0.5) is 0 Å². The van der Waals surface area contributed by atoms with E-state index >= 15 is 0 Å². The first kappa shape index (κ1) is 27.6. The summed E-state index contributed by atoms with van der Waals surface area (Å²) in [7, 11) is -3.82. The standard InChI is InChI=1S/C27H35N3O5S/c1-21-9-11-25(12-10-21)26(22(2)29-36(32,33)20-13-24-7-5-4-6-8-24)27(35-19-16-31)28-23(3)30-14-17-34-18-15-30/h4-13,20,23,29,31H,14-19H2,1-3H3/b20-13+,26-22+,28-27+. The second-order valence-electron chi connectivity index (χ2n) is 8.51. The first-order valence-corrected chi connectivity index (χ1v) is 13.5. The zero-order chi connectivity index (χ0) is 26.0. The Morgan fingerprint density at radius 1 is 1.17 bits per heavy atom. The minimum Gasteiger partial charge on any atom is -0.475 e. The number of nitrogens with one attached hydrogen (secondary N) is 1. The van der Waals surface area contributed by atoms with Crippen LogP contribution in [0.2, 0.25) is 0 Å². The number of hydrogen-bond acceptors (Lipinski definition) is 7. The van der Waals surface area contributed by atoms with Gasteiger partial charge in [-0.3, -0.25) is 9.62 Å². The van der Waals surface area contributed by atoms with Gasteiger partial charge < -0.3 is 14.6 Å². The van der Waals surface area contributed by atoms with Crippen LogP contribution in [0.1, 0.15) is 30.5 Å². The maximum Gasteiger partial charge on any atom is 0.254 e. The average Bonchev–Trinajstić information content (AvgIpc) is 2.88. The Morgan fingerprint density at radius 2 is 1.83 bits per heavy atom. The smallest absolute Gasteiger partial charge is 0.254 e. The zero-order valence-electron chi connectivity index (χ0n) is 21.1. The largest absolute Gasteiger partial charge is 0.475 e. The van der Waals surface area contributed by atoms with Crippen LogP contribution < -0.4 is 4.72 Å². The Morgan fingerprint density at radius 3 is 2.47 bits per heavy atom. The first-order valence-electron chi connectivity index (χ1n) is 12.0. The maximum absolute atomic E-state index is 12.9. The number of morpholine rings is 1. The molecule has 1 atom stereocenters. The van der Waals surface area contributed by atoms with E-state index in [0.717, 1.165) is 35.2 Å². The van der Waals surface area contributed by atoms with Crippen LogP contribution in [0.5, 0.6) is 0 Å². The Labute approximate surface area is 214 Å². The number of rotatable bonds is 10. The highest BCUT2D eigenvalue weighted by atomic mass is 32.2. The molecule has 0 aromatic heterocycles. The van der Waals surface area contributed by atoms with E-state index in [1.807, 2.05) is 68.4 Å². The molecule has 1 unspecified atom stereocenters. The summed E-state index contributed by atoms with van der Waals surface area (Å²) in [6.07, 6.45) is 1.31. The lowest BCUT2D eigenvalue weighted by Gasteiger charge is -2.30. The summed E-state index contributed by atoms with van der Waals surface area (Å²) in [5, 5.41) is 10.6. The fourth-order valence-corrected chi connectivity index (χ4v) is 4.70. The van der Waals surface area contributed by atoms with Gasteiger partial charge in [-0.05, 0) is 38.0 Å². The predicted octanol–water partition coefficient (Wildman–Crippen LogP) is 3.40. The lowest BCUT2D eigenvalue weighted by Crippen LogP contribution is -2.41. The van der Waals surface area contributed by atoms with Crippen LogP contribution >= 0.6 is 0 Å². The van der Waals surface area contributed by atoms with Crippen molar-refractivity contribution in [3.05, 3.63) is 82.4 Å². The summed E-state index contributed by atoms with van der Waals surface area (Å²) in [5.41, 5.74) is 3.47. The van der Waals surface area contributed by atoms with Gasteiger partial charge >= 0.3 is 0 Å². The topological polar surface area (TPSA) is 100 Å². The molecule has 1 aliphatic rings. The van der Waals surface area contributed by atoms with Crippen LogP contribution in [-0.4, -0.2) is 70.0 Å². The number of sulfonamides is 1. The molecular weight excluding hydrogens is 478 g/mol. The van der Waals surface area contributed by atoms with E-state index in [-0.39, 0.29) is 25.3 Å². The molecule has 0 radical (unpaired) electrons. The SMILES string of the molecule is C/C(NS(=O)(=O)/C=C/c1ccccc1)=C(\C(=N/C(C)N1CCOCC1)OCCO)c1ccc(C)cc1. The molecule has 1 aliphatic heterocycles. The minimum atomic E-state index is -3.82. The molecule has 0 bridgehead atoms. The van der Waals surface area contributed by atoms with Crippen molar-refractivity contribution < 1.29 is 23.0 Å². The van der Waals surface area contributed by atoms with Crippen LogP contribution in [0.15, 0.2) is 70.7 Å². The number of ether oxygens (including phenoxy) is 2. The molecule has 1 fully saturated rings. The van der Waals surface area contributed by atoms with Crippen molar-refractivity contribution in [2.24, 2.45) is 4.99 Å². The van der Waals surface area contributed by atoms with Crippen molar-refractivity contribution in [1.29, 1.82) is 0 Å². The third kappa shape index (κ3) is 8.30. The molecule has 1 heterocycles. The Hall–Kier alpha value is -2.98. The second-order valence-corrected chi connectivity index (χ2v) is 10.1. The molecule has 0 spiro atoms. The maximum atomic E-state index is 12.9. The molecule has 2 aromatic carbocycles. The number of allylic oxidation sites excluding steroid dienone is 1. The molecule has 36 heavy (non-hydrogen) atoms. The van der Waals surface area contributed by atoms with Crippen molar-refractivity contribution in [2.45, 2.75) is 26.9 Å². The summed E-state index contributed by atoms with van der Waals surface area (Å²) in [4.78, 5) is 6.99. The fraction of sp³-hybridized carbons (Fsp3) is 0.370. The Bertz CT molecular complexity index is 1170. The summed E-state index contributed by atoms with van der Waals surface area (Å²) in [5.74, 6) is 0.263. The highest BCUT2D eigenvalue weighted by Gasteiger charge is 2.22. The average molecular weight is 514 g/mol. The number of benzene rings is 2. The molecule has 3 rings (SSSR count). The zero-order valence-corrected chi connectivity index (χ0v) is 21.9. The highest BCUT2D eigenvalue weighted by Crippen LogP contribution is 2.23. The predicted molar refractivity (Wildman–Crippen MR) is 144 cm³/mol. The molecule has 194 valence electrons. The van der Waals surface area contributed by atoms with Gasteiger partial charge in [0, 0.05) is 18.8 Å². The van der Waals surface area contributed by atoms with Gasteiger partial charge in [-0.15, -0.1) is 0 Å². The van der Waals surface area contributed by atoms with Crippen LogP contribution in [0.25, 0.3) is 11.6 Å². The lowest BCUT2D eigenvalue weighted by molar-refractivity contribution is 0.0215. The van der Waals surface area contributed by atoms with E-state index in [4.69, 9.17) is 14.5 Å². The van der Waals surface area contributed by atoms with Crippen molar-refractivity contribution >= 4 is 27.6 Å². The molecule has 2 aromatic rings. The highest BCUT2D eigenvalue weighted by molar-refractivity contribution is 7.92. The van der Waals surface area contributed by atoms with E-state index < -0.39 is 10.0 Å².